The number of tetrazole rings is 1. The van der Waals surface area contributed by atoms with Crippen molar-refractivity contribution in [1.82, 2.24) is 35.0 Å². The highest BCUT2D eigenvalue weighted by molar-refractivity contribution is 7.99. The lowest BCUT2D eigenvalue weighted by atomic mass is 10.3. The number of nitro groups is 1. The van der Waals surface area contributed by atoms with Crippen molar-refractivity contribution in [2.24, 2.45) is 7.05 Å². The number of nitrogens with zero attached hydrogens (tertiary/aromatic N) is 8. The van der Waals surface area contributed by atoms with Gasteiger partial charge in [-0.25, -0.2) is 4.39 Å². The van der Waals surface area contributed by atoms with Gasteiger partial charge in [-0.15, -0.1) is 5.10 Å². The summed E-state index contributed by atoms with van der Waals surface area (Å²) in [6.45, 7) is 0. The molecule has 10 nitrogen and oxygen atoms in total. The van der Waals surface area contributed by atoms with E-state index in [0.717, 1.165) is 11.8 Å². The number of hydrogen-bond acceptors (Lipinski definition) is 8. The summed E-state index contributed by atoms with van der Waals surface area (Å²) in [6, 6.07) is 5.57. The molecule has 3 rings (SSSR count). The molecule has 0 spiro atoms. The second-order valence-corrected chi connectivity index (χ2v) is 4.96. The predicted molar refractivity (Wildman–Crippen MR) is 70.9 cm³/mol. The second kappa shape index (κ2) is 5.48. The molecule has 22 heavy (non-hydrogen) atoms. The molecule has 0 aliphatic rings. The summed E-state index contributed by atoms with van der Waals surface area (Å²) in [5.41, 5.74) is 0.547. The summed E-state index contributed by atoms with van der Waals surface area (Å²) >= 11 is 1.00. The van der Waals surface area contributed by atoms with Crippen molar-refractivity contribution in [2.45, 2.75) is 10.3 Å². The highest BCUT2D eigenvalue weighted by Crippen LogP contribution is 2.26. The summed E-state index contributed by atoms with van der Waals surface area (Å²) in [5, 5.41) is 26.1. The minimum absolute atomic E-state index is 0.255. The van der Waals surface area contributed by atoms with Gasteiger partial charge >= 0.3 is 5.95 Å². The fourth-order valence-electron chi connectivity index (χ4n) is 1.59. The zero-order valence-electron chi connectivity index (χ0n) is 11.0. The van der Waals surface area contributed by atoms with E-state index in [9.17, 15) is 14.5 Å². The van der Waals surface area contributed by atoms with Crippen LogP contribution in [0.1, 0.15) is 0 Å². The SMILES string of the molecule is Cn1nc([N+](=O)[O-])nc1Sc1nnnn1-c1ccc(F)cc1. The number of rotatable bonds is 4. The fourth-order valence-corrected chi connectivity index (χ4v) is 2.36. The normalized spacial score (nSPS) is 10.8. The Labute approximate surface area is 126 Å². The molecule has 0 aliphatic heterocycles. The maximum Gasteiger partial charge on any atom is 0.492 e. The van der Waals surface area contributed by atoms with Crippen molar-refractivity contribution in [3.05, 3.63) is 40.2 Å². The van der Waals surface area contributed by atoms with Crippen LogP contribution in [0, 0.1) is 15.9 Å². The topological polar surface area (TPSA) is 117 Å². The average Bonchev–Trinajstić information content (AvgIpc) is 3.08. The van der Waals surface area contributed by atoms with E-state index in [1.165, 1.54) is 40.7 Å². The van der Waals surface area contributed by atoms with Crippen molar-refractivity contribution < 1.29 is 9.31 Å². The molecule has 0 amide bonds. The Bertz CT molecular complexity index is 830. The number of aryl methyl sites for hydroxylation is 1. The molecule has 0 saturated heterocycles. The standard InChI is InChI=1S/C10H7FN8O2S/c1-17-9(12-8(14-17)19(20)21)22-10-13-15-16-18(10)7-4-2-6(11)3-5-7/h2-5H,1H3. The zero-order chi connectivity index (χ0) is 15.7. The van der Waals surface area contributed by atoms with Gasteiger partial charge in [0.1, 0.15) is 5.82 Å². The summed E-state index contributed by atoms with van der Waals surface area (Å²) < 4.78 is 15.6. The molecule has 0 unspecified atom stereocenters. The van der Waals surface area contributed by atoms with Crippen molar-refractivity contribution in [1.29, 1.82) is 0 Å². The van der Waals surface area contributed by atoms with Crippen LogP contribution in [0.2, 0.25) is 0 Å². The van der Waals surface area contributed by atoms with Crippen molar-refractivity contribution in [3.63, 3.8) is 0 Å². The van der Waals surface area contributed by atoms with Crippen molar-refractivity contribution in [2.75, 3.05) is 0 Å². The minimum atomic E-state index is -0.687. The van der Waals surface area contributed by atoms with Crippen LogP contribution in [-0.4, -0.2) is 39.9 Å². The summed E-state index contributed by atoms with van der Waals surface area (Å²) in [6.07, 6.45) is 0. The Kier molecular flexibility index (Phi) is 3.50. The van der Waals surface area contributed by atoms with E-state index in [0.29, 0.717) is 10.8 Å². The van der Waals surface area contributed by atoms with Crippen LogP contribution in [0.5, 0.6) is 0 Å². The van der Waals surface area contributed by atoms with E-state index in [2.05, 4.69) is 25.6 Å². The van der Waals surface area contributed by atoms with Crippen LogP contribution in [-0.2, 0) is 7.05 Å². The Balaban J connectivity index is 1.93. The molecule has 0 saturated carbocycles. The van der Waals surface area contributed by atoms with Gasteiger partial charge in [-0.3, -0.25) is 0 Å². The van der Waals surface area contributed by atoms with Gasteiger partial charge in [0.2, 0.25) is 5.16 Å². The smallest absolute Gasteiger partial charge is 0.390 e. The van der Waals surface area contributed by atoms with Crippen LogP contribution >= 0.6 is 11.8 Å². The van der Waals surface area contributed by atoms with Gasteiger partial charge in [0.25, 0.3) is 5.16 Å². The molecule has 12 heteroatoms. The molecule has 0 fully saturated rings. The first-order valence-corrected chi connectivity index (χ1v) is 6.64. The molecule has 0 bridgehead atoms. The first-order valence-electron chi connectivity index (χ1n) is 5.82. The molecule has 2 heterocycles. The first-order chi connectivity index (χ1) is 10.5. The molecule has 1 aromatic carbocycles. The average molecular weight is 322 g/mol. The lowest BCUT2D eigenvalue weighted by molar-refractivity contribution is -0.394. The Morgan fingerprint density at radius 2 is 2.00 bits per heavy atom. The second-order valence-electron chi connectivity index (χ2n) is 4.03. The van der Waals surface area contributed by atoms with Gasteiger partial charge in [0.05, 0.1) is 5.69 Å². The molecule has 0 N–H and O–H groups in total. The third kappa shape index (κ3) is 2.63. The predicted octanol–water partition coefficient (Wildman–Crippen LogP) is 0.989. The van der Waals surface area contributed by atoms with Crippen molar-refractivity contribution in [3.8, 4) is 5.69 Å². The Morgan fingerprint density at radius 3 is 2.64 bits per heavy atom. The van der Waals surface area contributed by atoms with Crippen LogP contribution in [0.3, 0.4) is 0 Å². The summed E-state index contributed by atoms with van der Waals surface area (Å²) in [5.74, 6) is -0.888. The highest BCUT2D eigenvalue weighted by Gasteiger charge is 2.22. The van der Waals surface area contributed by atoms with Crippen LogP contribution in [0.4, 0.5) is 10.3 Å². The maximum absolute atomic E-state index is 13.0. The lowest BCUT2D eigenvalue weighted by Gasteiger charge is -2.01. The zero-order valence-corrected chi connectivity index (χ0v) is 11.8. The lowest BCUT2D eigenvalue weighted by Crippen LogP contribution is -2.00. The Hall–Kier alpha value is -2.89. The molecule has 0 aliphatic carbocycles. The number of benzene rings is 1. The van der Waals surface area contributed by atoms with E-state index in [1.54, 1.807) is 0 Å². The third-order valence-electron chi connectivity index (χ3n) is 2.57. The number of halogens is 1. The molecular formula is C10H7FN8O2S. The van der Waals surface area contributed by atoms with E-state index in [-0.39, 0.29) is 11.0 Å². The van der Waals surface area contributed by atoms with Gasteiger partial charge in [0, 0.05) is 23.9 Å². The van der Waals surface area contributed by atoms with Gasteiger partial charge in [-0.2, -0.15) is 9.36 Å². The van der Waals surface area contributed by atoms with E-state index in [4.69, 9.17) is 0 Å². The highest BCUT2D eigenvalue weighted by atomic mass is 32.2. The molecule has 2 aromatic heterocycles. The van der Waals surface area contributed by atoms with Crippen LogP contribution in [0.25, 0.3) is 5.69 Å². The minimum Gasteiger partial charge on any atom is -0.390 e. The molecule has 0 radical (unpaired) electrons. The molecule has 0 atom stereocenters. The van der Waals surface area contributed by atoms with Crippen LogP contribution in [0.15, 0.2) is 34.6 Å². The monoisotopic (exact) mass is 322 g/mol. The Morgan fingerprint density at radius 1 is 1.27 bits per heavy atom. The molecule has 112 valence electrons. The van der Waals surface area contributed by atoms with Gasteiger partial charge < -0.3 is 10.1 Å². The van der Waals surface area contributed by atoms with Crippen molar-refractivity contribution >= 4 is 17.7 Å². The first kappa shape index (κ1) is 14.1. The van der Waals surface area contributed by atoms with Gasteiger partial charge in [-0.05, 0) is 44.6 Å². The van der Waals surface area contributed by atoms with E-state index in [1.807, 2.05) is 0 Å². The quantitative estimate of drug-likeness (QED) is 0.515. The van der Waals surface area contributed by atoms with Crippen LogP contribution < -0.4 is 0 Å². The molecular weight excluding hydrogens is 315 g/mol. The summed E-state index contributed by atoms with van der Waals surface area (Å²) in [4.78, 5) is 13.8. The van der Waals surface area contributed by atoms with Gasteiger partial charge in [0.15, 0.2) is 0 Å². The summed E-state index contributed by atoms with van der Waals surface area (Å²) in [7, 11) is 1.52. The fraction of sp³-hybridized carbons (Fsp3) is 0.100. The van der Waals surface area contributed by atoms with E-state index < -0.39 is 10.9 Å². The number of aromatic nitrogens is 7. The largest absolute Gasteiger partial charge is 0.492 e. The molecule has 3 aromatic rings. The third-order valence-corrected chi connectivity index (χ3v) is 3.55. The number of hydrogen-bond donors (Lipinski definition) is 0. The van der Waals surface area contributed by atoms with Gasteiger partial charge in [-0.1, -0.05) is 0 Å². The van der Waals surface area contributed by atoms with E-state index >= 15 is 0 Å². The maximum atomic E-state index is 13.0.